The molecule has 1 fully saturated rings. The summed E-state index contributed by atoms with van der Waals surface area (Å²) in [6, 6.07) is 10.2. The van der Waals surface area contributed by atoms with Crippen molar-refractivity contribution in [1.82, 2.24) is 10.2 Å². The summed E-state index contributed by atoms with van der Waals surface area (Å²) in [6.07, 6.45) is 1.32. The van der Waals surface area contributed by atoms with Gasteiger partial charge in [0.05, 0.1) is 12.2 Å². The van der Waals surface area contributed by atoms with Crippen LogP contribution in [0.2, 0.25) is 0 Å². The third-order valence-corrected chi connectivity index (χ3v) is 4.47. The number of piperidine rings is 1. The van der Waals surface area contributed by atoms with Crippen LogP contribution in [0.25, 0.3) is 0 Å². The normalized spacial score (nSPS) is 18.9. The summed E-state index contributed by atoms with van der Waals surface area (Å²) < 4.78 is 33.4. The predicted molar refractivity (Wildman–Crippen MR) is 86.3 cm³/mol. The monoisotopic (exact) mass is 344 g/mol. The zero-order valence-electron chi connectivity index (χ0n) is 13.0. The Kier molecular flexibility index (Phi) is 6.51. The van der Waals surface area contributed by atoms with Crippen LogP contribution >= 0.6 is 0 Å². The molecule has 1 heterocycles. The summed E-state index contributed by atoms with van der Waals surface area (Å²) in [5.74, 6) is 0. The van der Waals surface area contributed by atoms with Crippen LogP contribution in [0.15, 0.2) is 30.3 Å². The van der Waals surface area contributed by atoms with Gasteiger partial charge < -0.3 is 10.4 Å². The van der Waals surface area contributed by atoms with E-state index >= 15 is 0 Å². The molecule has 1 aliphatic rings. The van der Waals surface area contributed by atoms with Gasteiger partial charge in [0.2, 0.25) is 0 Å². The molecule has 23 heavy (non-hydrogen) atoms. The van der Waals surface area contributed by atoms with Gasteiger partial charge in [0.15, 0.2) is 0 Å². The number of benzene rings is 1. The largest absolute Gasteiger partial charge is 0.397 e. The van der Waals surface area contributed by atoms with Crippen LogP contribution in [0.3, 0.4) is 0 Å². The van der Waals surface area contributed by atoms with Crippen molar-refractivity contribution >= 4 is 10.4 Å². The Balaban J connectivity index is 1.66. The molecule has 1 aromatic rings. The van der Waals surface area contributed by atoms with E-state index in [-0.39, 0.29) is 13.2 Å². The number of hydrogen-bond donors (Lipinski definition) is 3. The van der Waals surface area contributed by atoms with Crippen molar-refractivity contribution in [1.29, 1.82) is 0 Å². The highest BCUT2D eigenvalue weighted by Gasteiger charge is 2.31. The number of likely N-dealkylation sites (tertiary alicyclic amines) is 1. The molecule has 1 aliphatic heterocycles. The maximum atomic E-state index is 10.5. The molecule has 1 aromatic carbocycles. The van der Waals surface area contributed by atoms with E-state index in [2.05, 4.69) is 26.5 Å². The number of nitrogens with zero attached hydrogens (tertiary/aromatic N) is 1. The van der Waals surface area contributed by atoms with Crippen molar-refractivity contribution in [2.45, 2.75) is 25.0 Å². The number of aliphatic hydroxyl groups is 1. The third-order valence-electron chi connectivity index (χ3n) is 4.00. The molecule has 1 saturated heterocycles. The van der Waals surface area contributed by atoms with Crippen molar-refractivity contribution in [3.63, 3.8) is 0 Å². The Hall–Kier alpha value is -1.03. The fraction of sp³-hybridized carbons (Fsp3) is 0.600. The first-order chi connectivity index (χ1) is 10.9. The molecule has 0 aromatic heterocycles. The molecular weight excluding hydrogens is 320 g/mol. The van der Waals surface area contributed by atoms with E-state index in [1.54, 1.807) is 0 Å². The lowest BCUT2D eigenvalue weighted by Crippen LogP contribution is -2.50. The summed E-state index contributed by atoms with van der Waals surface area (Å²) >= 11 is 0. The molecule has 0 amide bonds. The fourth-order valence-corrected chi connectivity index (χ4v) is 2.98. The van der Waals surface area contributed by atoms with Crippen LogP contribution in [0.1, 0.15) is 18.4 Å². The molecule has 8 heteroatoms. The van der Waals surface area contributed by atoms with E-state index in [9.17, 15) is 13.5 Å². The fourth-order valence-electron chi connectivity index (χ4n) is 2.69. The summed E-state index contributed by atoms with van der Waals surface area (Å²) in [7, 11) is -4.39. The lowest BCUT2D eigenvalue weighted by Gasteiger charge is -2.38. The second kappa shape index (κ2) is 8.18. The Morgan fingerprint density at radius 2 is 1.87 bits per heavy atom. The molecule has 0 unspecified atom stereocenters. The molecule has 0 aliphatic carbocycles. The van der Waals surface area contributed by atoms with Gasteiger partial charge in [0.25, 0.3) is 0 Å². The van der Waals surface area contributed by atoms with Crippen LogP contribution in [-0.2, 0) is 21.1 Å². The lowest BCUT2D eigenvalue weighted by molar-refractivity contribution is -0.0219. The van der Waals surface area contributed by atoms with Crippen LogP contribution in [-0.4, -0.2) is 61.4 Å². The first-order valence-electron chi connectivity index (χ1n) is 7.68. The zero-order chi connectivity index (χ0) is 16.8. The molecule has 0 bridgehead atoms. The summed E-state index contributed by atoms with van der Waals surface area (Å²) in [4.78, 5) is 2.31. The maximum absolute atomic E-state index is 10.5. The maximum Gasteiger partial charge on any atom is 0.397 e. The standard InChI is InChI=1S/C15H24N2O5S/c18-15(13-16-8-11-22-23(19,20)21)6-9-17(10-7-15)12-14-4-2-1-3-5-14/h1-5,16,18H,6-13H2,(H,19,20,21). The van der Waals surface area contributed by atoms with Gasteiger partial charge >= 0.3 is 10.4 Å². The van der Waals surface area contributed by atoms with Gasteiger partial charge in [-0.25, -0.2) is 4.18 Å². The van der Waals surface area contributed by atoms with E-state index in [1.807, 2.05) is 18.2 Å². The highest BCUT2D eigenvalue weighted by atomic mass is 32.3. The summed E-state index contributed by atoms with van der Waals surface area (Å²) in [6.45, 7) is 2.97. The van der Waals surface area contributed by atoms with Crippen LogP contribution in [0.5, 0.6) is 0 Å². The van der Waals surface area contributed by atoms with Crippen molar-refractivity contribution in [2.24, 2.45) is 0 Å². The van der Waals surface area contributed by atoms with Crippen LogP contribution < -0.4 is 5.32 Å². The van der Waals surface area contributed by atoms with Crippen LogP contribution in [0.4, 0.5) is 0 Å². The van der Waals surface area contributed by atoms with Crippen molar-refractivity contribution in [3.8, 4) is 0 Å². The molecule has 7 nitrogen and oxygen atoms in total. The van der Waals surface area contributed by atoms with E-state index in [1.165, 1.54) is 5.56 Å². The van der Waals surface area contributed by atoms with Gasteiger partial charge in [-0.05, 0) is 18.4 Å². The van der Waals surface area contributed by atoms with Gasteiger partial charge in [-0.3, -0.25) is 9.45 Å². The summed E-state index contributed by atoms with van der Waals surface area (Å²) in [5, 5.41) is 13.5. The Labute approximate surface area is 137 Å². The van der Waals surface area contributed by atoms with Gasteiger partial charge in [-0.1, -0.05) is 30.3 Å². The number of nitrogens with one attached hydrogen (secondary N) is 1. The van der Waals surface area contributed by atoms with Crippen molar-refractivity contribution in [3.05, 3.63) is 35.9 Å². The smallest absolute Gasteiger partial charge is 0.388 e. The predicted octanol–water partition coefficient (Wildman–Crippen LogP) is 0.423. The molecule has 3 N–H and O–H groups in total. The van der Waals surface area contributed by atoms with E-state index in [0.29, 0.717) is 19.4 Å². The van der Waals surface area contributed by atoms with Gasteiger partial charge in [0.1, 0.15) is 0 Å². The minimum Gasteiger partial charge on any atom is -0.388 e. The molecule has 0 spiro atoms. The third kappa shape index (κ3) is 6.94. The van der Waals surface area contributed by atoms with E-state index in [0.717, 1.165) is 19.6 Å². The molecule has 0 saturated carbocycles. The lowest BCUT2D eigenvalue weighted by atomic mass is 9.91. The quantitative estimate of drug-likeness (QED) is 0.464. The molecule has 0 radical (unpaired) electrons. The number of hydrogen-bond acceptors (Lipinski definition) is 6. The van der Waals surface area contributed by atoms with Crippen molar-refractivity contribution < 1.29 is 22.3 Å². The minimum atomic E-state index is -4.39. The SMILES string of the molecule is O=S(=O)(O)OCCNCC1(O)CCN(Cc2ccccc2)CC1. The Morgan fingerprint density at radius 3 is 2.48 bits per heavy atom. The van der Waals surface area contributed by atoms with E-state index in [4.69, 9.17) is 4.55 Å². The molecule has 130 valence electrons. The number of rotatable bonds is 8. The second-order valence-corrected chi connectivity index (χ2v) is 7.00. The zero-order valence-corrected chi connectivity index (χ0v) is 13.8. The minimum absolute atomic E-state index is 0.158. The molecular formula is C15H24N2O5S. The van der Waals surface area contributed by atoms with Crippen LogP contribution in [0, 0.1) is 0 Å². The summed E-state index contributed by atoms with van der Waals surface area (Å²) in [5.41, 5.74) is 0.476. The first-order valence-corrected chi connectivity index (χ1v) is 9.04. The van der Waals surface area contributed by atoms with Gasteiger partial charge in [-0.15, -0.1) is 0 Å². The highest BCUT2D eigenvalue weighted by Crippen LogP contribution is 2.22. The first kappa shape index (κ1) is 18.3. The Bertz CT molecular complexity index is 571. The van der Waals surface area contributed by atoms with E-state index < -0.39 is 16.0 Å². The van der Waals surface area contributed by atoms with Crippen molar-refractivity contribution in [2.75, 3.05) is 32.8 Å². The second-order valence-electron chi connectivity index (χ2n) is 5.91. The average Bonchev–Trinajstić information content (AvgIpc) is 2.49. The topological polar surface area (TPSA) is 99.1 Å². The Morgan fingerprint density at radius 1 is 1.22 bits per heavy atom. The van der Waals surface area contributed by atoms with Gasteiger partial charge in [-0.2, -0.15) is 8.42 Å². The highest BCUT2D eigenvalue weighted by molar-refractivity contribution is 7.80. The average molecular weight is 344 g/mol. The van der Waals surface area contributed by atoms with Gasteiger partial charge in [0, 0.05) is 32.7 Å². The molecule has 0 atom stereocenters. The molecule has 2 rings (SSSR count).